The number of aromatic nitrogens is 1. The molecule has 0 aliphatic carbocycles. The van der Waals surface area contributed by atoms with E-state index in [1.54, 1.807) is 0 Å². The number of carbonyl (C=O) groups is 1. The predicted molar refractivity (Wildman–Crippen MR) is 102 cm³/mol. The molecule has 1 N–H and O–H groups in total. The van der Waals surface area contributed by atoms with Crippen LogP contribution in [0.1, 0.15) is 24.8 Å². The Balaban J connectivity index is 1.62. The third-order valence-corrected chi connectivity index (χ3v) is 5.93. The normalized spacial score (nSPS) is 26.1. The molecule has 2 aliphatic rings. The van der Waals surface area contributed by atoms with E-state index in [0.717, 1.165) is 64.2 Å². The second kappa shape index (κ2) is 9.13. The van der Waals surface area contributed by atoms with Gasteiger partial charge in [0.15, 0.2) is 0 Å². The highest BCUT2D eigenvalue weighted by molar-refractivity contribution is 6.29. The molecule has 0 bridgehead atoms. The number of aliphatic carboxylic acids is 1. The Morgan fingerprint density at radius 1 is 1.27 bits per heavy atom. The number of hydrogen-bond donors (Lipinski definition) is 1. The maximum absolute atomic E-state index is 11.1. The van der Waals surface area contributed by atoms with Crippen LogP contribution in [0, 0.1) is 5.92 Å². The SMILES string of the molecule is CN1CCN([C@H]2CCN(Cc3ccc(Cl)nc3)C[C@H]2CCC(=O)O)CC1. The number of likely N-dealkylation sites (tertiary alicyclic amines) is 1. The van der Waals surface area contributed by atoms with Gasteiger partial charge in [-0.1, -0.05) is 17.7 Å². The van der Waals surface area contributed by atoms with Crippen molar-refractivity contribution in [3.8, 4) is 0 Å². The molecule has 3 rings (SSSR count). The third kappa shape index (κ3) is 5.39. The fourth-order valence-corrected chi connectivity index (χ4v) is 4.34. The summed E-state index contributed by atoms with van der Waals surface area (Å²) in [5, 5.41) is 9.66. The lowest BCUT2D eigenvalue weighted by molar-refractivity contribution is -0.137. The molecule has 144 valence electrons. The van der Waals surface area contributed by atoms with Gasteiger partial charge in [-0.05, 0) is 44.0 Å². The average Bonchev–Trinajstić information content (AvgIpc) is 2.63. The van der Waals surface area contributed by atoms with E-state index in [2.05, 4.69) is 26.7 Å². The van der Waals surface area contributed by atoms with E-state index >= 15 is 0 Å². The van der Waals surface area contributed by atoms with E-state index in [-0.39, 0.29) is 6.42 Å². The monoisotopic (exact) mass is 380 g/mol. The van der Waals surface area contributed by atoms with Gasteiger partial charge in [-0.2, -0.15) is 0 Å². The van der Waals surface area contributed by atoms with E-state index in [1.807, 2.05) is 18.3 Å². The van der Waals surface area contributed by atoms with Crippen molar-refractivity contribution in [3.63, 3.8) is 0 Å². The summed E-state index contributed by atoms with van der Waals surface area (Å²) in [5.41, 5.74) is 1.16. The molecule has 26 heavy (non-hydrogen) atoms. The Bertz CT molecular complexity index is 590. The smallest absolute Gasteiger partial charge is 0.303 e. The zero-order chi connectivity index (χ0) is 18.5. The average molecular weight is 381 g/mol. The van der Waals surface area contributed by atoms with Crippen molar-refractivity contribution in [3.05, 3.63) is 29.0 Å². The number of carboxylic acid groups (broad SMARTS) is 1. The summed E-state index contributed by atoms with van der Waals surface area (Å²) in [7, 11) is 2.17. The molecule has 2 aliphatic heterocycles. The van der Waals surface area contributed by atoms with Crippen LogP contribution < -0.4 is 0 Å². The highest BCUT2D eigenvalue weighted by Crippen LogP contribution is 2.28. The third-order valence-electron chi connectivity index (χ3n) is 5.71. The number of likely N-dealkylation sites (N-methyl/N-ethyl adjacent to an activating group) is 1. The molecule has 2 fully saturated rings. The summed E-state index contributed by atoms with van der Waals surface area (Å²) >= 11 is 5.87. The van der Waals surface area contributed by atoms with Crippen LogP contribution in [0.3, 0.4) is 0 Å². The van der Waals surface area contributed by atoms with E-state index < -0.39 is 5.97 Å². The fraction of sp³-hybridized carbons (Fsp3) is 0.684. The van der Waals surface area contributed by atoms with Crippen LogP contribution in [0.5, 0.6) is 0 Å². The van der Waals surface area contributed by atoms with E-state index in [0.29, 0.717) is 17.1 Å². The van der Waals surface area contributed by atoms with E-state index in [4.69, 9.17) is 16.7 Å². The molecule has 3 heterocycles. The first-order valence-corrected chi connectivity index (χ1v) is 9.86. The molecule has 0 amide bonds. The number of hydrogen-bond acceptors (Lipinski definition) is 5. The summed E-state index contributed by atoms with van der Waals surface area (Å²) in [6.07, 6.45) is 3.95. The number of piperidine rings is 1. The van der Waals surface area contributed by atoms with Gasteiger partial charge in [-0.25, -0.2) is 4.98 Å². The minimum Gasteiger partial charge on any atom is -0.481 e. The van der Waals surface area contributed by atoms with Crippen LogP contribution >= 0.6 is 11.6 Å². The van der Waals surface area contributed by atoms with Gasteiger partial charge in [0, 0.05) is 57.9 Å². The summed E-state index contributed by atoms with van der Waals surface area (Å²) in [5.74, 6) is -0.287. The predicted octanol–water partition coefficient (Wildman–Crippen LogP) is 2.04. The molecule has 1 aromatic heterocycles. The Hall–Kier alpha value is -1.21. The van der Waals surface area contributed by atoms with Crippen molar-refractivity contribution in [2.24, 2.45) is 5.92 Å². The van der Waals surface area contributed by atoms with Gasteiger partial charge in [-0.3, -0.25) is 14.6 Å². The van der Waals surface area contributed by atoms with Crippen molar-refractivity contribution in [2.45, 2.75) is 31.8 Å². The van der Waals surface area contributed by atoms with Gasteiger partial charge in [0.2, 0.25) is 0 Å². The first kappa shape index (κ1) is 19.5. The van der Waals surface area contributed by atoms with Gasteiger partial charge >= 0.3 is 5.97 Å². The Labute approximate surface area is 160 Å². The summed E-state index contributed by atoms with van der Waals surface area (Å²) < 4.78 is 0. The van der Waals surface area contributed by atoms with Crippen LogP contribution in [0.2, 0.25) is 5.15 Å². The quantitative estimate of drug-likeness (QED) is 0.762. The molecule has 2 saturated heterocycles. The maximum atomic E-state index is 11.1. The molecular formula is C19H29ClN4O2. The molecular weight excluding hydrogens is 352 g/mol. The first-order valence-electron chi connectivity index (χ1n) is 9.48. The molecule has 6 nitrogen and oxygen atoms in total. The van der Waals surface area contributed by atoms with Crippen molar-refractivity contribution in [1.29, 1.82) is 0 Å². The standard InChI is InChI=1S/C19H29ClN4O2/c1-22-8-10-24(11-9-22)17-6-7-23(14-16(17)3-5-19(25)26)13-15-2-4-18(20)21-12-15/h2,4,12,16-17H,3,5-11,13-14H2,1H3,(H,25,26)/t16-,17+/m1/s1. The topological polar surface area (TPSA) is 59.9 Å². The highest BCUT2D eigenvalue weighted by Gasteiger charge is 2.34. The van der Waals surface area contributed by atoms with Crippen molar-refractivity contribution in [2.75, 3.05) is 46.3 Å². The number of carboxylic acids is 1. The van der Waals surface area contributed by atoms with Gasteiger partial charge in [-0.15, -0.1) is 0 Å². The molecule has 2 atom stereocenters. The zero-order valence-electron chi connectivity index (χ0n) is 15.5. The van der Waals surface area contributed by atoms with Crippen LogP contribution in [-0.4, -0.2) is 83.1 Å². The van der Waals surface area contributed by atoms with Crippen LogP contribution in [0.25, 0.3) is 0 Å². The first-order chi connectivity index (χ1) is 12.5. The molecule has 0 saturated carbocycles. The lowest BCUT2D eigenvalue weighted by atomic mass is 9.86. The van der Waals surface area contributed by atoms with Gasteiger partial charge in [0.25, 0.3) is 0 Å². The second-order valence-electron chi connectivity index (χ2n) is 7.61. The fourth-order valence-electron chi connectivity index (χ4n) is 4.22. The van der Waals surface area contributed by atoms with Crippen molar-refractivity contribution in [1.82, 2.24) is 19.7 Å². The number of rotatable bonds is 6. The minimum absolute atomic E-state index is 0.255. The van der Waals surface area contributed by atoms with Crippen LogP contribution in [0.4, 0.5) is 0 Å². The molecule has 1 aromatic rings. The molecule has 0 unspecified atom stereocenters. The second-order valence-corrected chi connectivity index (χ2v) is 8.00. The highest BCUT2D eigenvalue weighted by atomic mass is 35.5. The van der Waals surface area contributed by atoms with Crippen LogP contribution in [-0.2, 0) is 11.3 Å². The Morgan fingerprint density at radius 3 is 2.69 bits per heavy atom. The Kier molecular flexibility index (Phi) is 6.86. The zero-order valence-corrected chi connectivity index (χ0v) is 16.2. The molecule has 0 radical (unpaired) electrons. The summed E-state index contributed by atoms with van der Waals surface area (Å²) in [4.78, 5) is 22.7. The van der Waals surface area contributed by atoms with Crippen molar-refractivity contribution < 1.29 is 9.90 Å². The van der Waals surface area contributed by atoms with Crippen molar-refractivity contribution >= 4 is 17.6 Å². The number of nitrogens with zero attached hydrogens (tertiary/aromatic N) is 4. The maximum Gasteiger partial charge on any atom is 0.303 e. The largest absolute Gasteiger partial charge is 0.481 e. The molecule has 0 aromatic carbocycles. The van der Waals surface area contributed by atoms with E-state index in [1.165, 1.54) is 0 Å². The summed E-state index contributed by atoms with van der Waals surface area (Å²) in [6.45, 7) is 7.22. The lowest BCUT2D eigenvalue weighted by Gasteiger charge is -2.46. The molecule has 0 spiro atoms. The van der Waals surface area contributed by atoms with Gasteiger partial charge < -0.3 is 10.0 Å². The van der Waals surface area contributed by atoms with E-state index in [9.17, 15) is 4.79 Å². The van der Waals surface area contributed by atoms with Crippen LogP contribution in [0.15, 0.2) is 18.3 Å². The number of piperazine rings is 1. The Morgan fingerprint density at radius 2 is 2.04 bits per heavy atom. The molecule has 7 heteroatoms. The van der Waals surface area contributed by atoms with Gasteiger partial charge in [0.05, 0.1) is 0 Å². The lowest BCUT2D eigenvalue weighted by Crippen LogP contribution is -2.56. The number of pyridine rings is 1. The van der Waals surface area contributed by atoms with Gasteiger partial charge in [0.1, 0.15) is 5.15 Å². The minimum atomic E-state index is -0.693. The number of halogens is 1. The summed E-state index contributed by atoms with van der Waals surface area (Å²) in [6, 6.07) is 4.35.